The summed E-state index contributed by atoms with van der Waals surface area (Å²) in [6.45, 7) is 1.70. The fraction of sp³-hybridized carbons (Fsp3) is 0.357. The van der Waals surface area contributed by atoms with Gasteiger partial charge in [-0.05, 0) is 56.1 Å². The van der Waals surface area contributed by atoms with Crippen molar-refractivity contribution in [2.45, 2.75) is 18.4 Å². The summed E-state index contributed by atoms with van der Waals surface area (Å²) in [5.41, 5.74) is 1.13. The SMILES string of the molecule is COc1ccc2c(c1)C(=O)N(C[C@@]1(c3cc4cc(/C(=N\O)N(C)CCN(C)C)ccc4o3)CC(=O)NC1=O)C2. The lowest BCUT2D eigenvalue weighted by atomic mass is 9.82. The number of likely N-dealkylation sites (N-methyl/N-ethyl adjacent to an activating group) is 2. The molecule has 1 aromatic heterocycles. The summed E-state index contributed by atoms with van der Waals surface area (Å²) in [5, 5.41) is 16.3. The number of ether oxygens (including phenoxy) is 1. The van der Waals surface area contributed by atoms with E-state index in [0.29, 0.717) is 52.5 Å². The van der Waals surface area contributed by atoms with Crippen LogP contribution in [0.25, 0.3) is 11.0 Å². The number of nitrogens with one attached hydrogen (secondary N) is 1. The van der Waals surface area contributed by atoms with Crippen LogP contribution in [0.2, 0.25) is 0 Å². The van der Waals surface area contributed by atoms with Gasteiger partial charge in [-0.25, -0.2) is 0 Å². The topological polar surface area (TPSA) is 128 Å². The summed E-state index contributed by atoms with van der Waals surface area (Å²) in [5.74, 6) is 0.0825. The van der Waals surface area contributed by atoms with Crippen molar-refractivity contribution in [1.82, 2.24) is 20.0 Å². The largest absolute Gasteiger partial charge is 0.497 e. The molecular weight excluding hydrogens is 502 g/mol. The minimum Gasteiger partial charge on any atom is -0.497 e. The minimum atomic E-state index is -1.38. The molecule has 0 saturated carbocycles. The molecule has 39 heavy (non-hydrogen) atoms. The monoisotopic (exact) mass is 533 g/mol. The van der Waals surface area contributed by atoms with E-state index in [1.807, 2.05) is 43.1 Å². The molecule has 5 rings (SSSR count). The Labute approximate surface area is 225 Å². The van der Waals surface area contributed by atoms with E-state index < -0.39 is 17.2 Å². The van der Waals surface area contributed by atoms with Crippen molar-refractivity contribution < 1.29 is 28.7 Å². The van der Waals surface area contributed by atoms with Gasteiger partial charge in [-0.3, -0.25) is 19.7 Å². The Morgan fingerprint density at radius 2 is 1.92 bits per heavy atom. The molecule has 2 aliphatic heterocycles. The molecule has 11 heteroatoms. The van der Waals surface area contributed by atoms with Gasteiger partial charge in [-0.15, -0.1) is 0 Å². The van der Waals surface area contributed by atoms with Gasteiger partial charge in [0.05, 0.1) is 13.5 Å². The first-order valence-electron chi connectivity index (χ1n) is 12.6. The van der Waals surface area contributed by atoms with Crippen LogP contribution in [-0.4, -0.2) is 91.4 Å². The average Bonchev–Trinajstić information content (AvgIpc) is 3.56. The summed E-state index contributed by atoms with van der Waals surface area (Å²) in [4.78, 5) is 44.4. The van der Waals surface area contributed by atoms with Crippen molar-refractivity contribution in [3.05, 3.63) is 64.9 Å². The van der Waals surface area contributed by atoms with Gasteiger partial charge in [0, 0.05) is 49.7 Å². The van der Waals surface area contributed by atoms with Crippen LogP contribution in [-0.2, 0) is 21.5 Å². The molecule has 0 bridgehead atoms. The highest BCUT2D eigenvalue weighted by Crippen LogP contribution is 2.39. The first-order valence-corrected chi connectivity index (χ1v) is 12.6. The number of carbonyl (C=O) groups is 3. The van der Waals surface area contributed by atoms with Crippen LogP contribution in [0.4, 0.5) is 0 Å². The lowest BCUT2D eigenvalue weighted by molar-refractivity contribution is -0.127. The maximum Gasteiger partial charge on any atom is 0.254 e. The van der Waals surface area contributed by atoms with Crippen molar-refractivity contribution in [3.63, 3.8) is 0 Å². The number of benzene rings is 2. The predicted octanol–water partition coefficient (Wildman–Crippen LogP) is 2.01. The number of carbonyl (C=O) groups excluding carboxylic acids is 3. The first kappa shape index (κ1) is 26.2. The number of oxime groups is 1. The van der Waals surface area contributed by atoms with Crippen molar-refractivity contribution >= 4 is 34.5 Å². The third-order valence-electron chi connectivity index (χ3n) is 7.39. The molecule has 11 nitrogen and oxygen atoms in total. The molecule has 1 atom stereocenters. The first-order chi connectivity index (χ1) is 18.6. The summed E-state index contributed by atoms with van der Waals surface area (Å²) in [6, 6.07) is 12.4. The third kappa shape index (κ3) is 4.69. The molecule has 2 aromatic carbocycles. The number of fused-ring (bicyclic) bond motifs is 2. The maximum absolute atomic E-state index is 13.3. The molecule has 204 valence electrons. The fourth-order valence-corrected chi connectivity index (χ4v) is 5.20. The van der Waals surface area contributed by atoms with Crippen molar-refractivity contribution in [2.24, 2.45) is 5.16 Å². The van der Waals surface area contributed by atoms with Gasteiger partial charge in [0.1, 0.15) is 22.5 Å². The van der Waals surface area contributed by atoms with E-state index in [1.54, 1.807) is 35.2 Å². The number of hydrogen-bond donors (Lipinski definition) is 2. The van der Waals surface area contributed by atoms with Crippen LogP contribution in [0.15, 0.2) is 52.0 Å². The smallest absolute Gasteiger partial charge is 0.254 e. The van der Waals surface area contributed by atoms with E-state index in [9.17, 15) is 19.6 Å². The number of furan rings is 1. The van der Waals surface area contributed by atoms with Crippen LogP contribution in [0, 0.1) is 0 Å². The Morgan fingerprint density at radius 3 is 2.59 bits per heavy atom. The second-order valence-corrected chi connectivity index (χ2v) is 10.3. The van der Waals surface area contributed by atoms with E-state index >= 15 is 0 Å². The molecule has 3 aromatic rings. The molecule has 0 radical (unpaired) electrons. The zero-order valence-electron chi connectivity index (χ0n) is 22.4. The van der Waals surface area contributed by atoms with Crippen molar-refractivity contribution in [2.75, 3.05) is 47.9 Å². The number of hydrogen-bond acceptors (Lipinski definition) is 8. The molecule has 0 unspecified atom stereocenters. The Kier molecular flexibility index (Phi) is 6.77. The predicted molar refractivity (Wildman–Crippen MR) is 143 cm³/mol. The zero-order chi connectivity index (χ0) is 27.9. The number of amidine groups is 1. The number of amides is 3. The van der Waals surface area contributed by atoms with Gasteiger partial charge in [0.2, 0.25) is 11.8 Å². The van der Waals surface area contributed by atoms with E-state index in [4.69, 9.17) is 9.15 Å². The average molecular weight is 534 g/mol. The van der Waals surface area contributed by atoms with Gasteiger partial charge in [-0.1, -0.05) is 11.2 Å². The van der Waals surface area contributed by atoms with E-state index in [-0.39, 0.29) is 18.9 Å². The highest BCUT2D eigenvalue weighted by Gasteiger charge is 2.53. The molecule has 3 heterocycles. The molecule has 2 N–H and O–H groups in total. The van der Waals surface area contributed by atoms with E-state index in [0.717, 1.165) is 12.1 Å². The number of imide groups is 1. The quantitative estimate of drug-likeness (QED) is 0.148. The minimum absolute atomic E-state index is 0.0241. The molecule has 2 aliphatic rings. The molecule has 3 amide bonds. The Morgan fingerprint density at radius 1 is 1.13 bits per heavy atom. The standard InChI is InChI=1S/C28H31N5O6/c1-31(2)9-10-32(3)25(30-37)17-6-8-22-19(11-17)12-23(39-22)28(14-24(34)29-27(28)36)16-33-15-18-5-7-20(38-4)13-21(18)26(33)35/h5-8,11-13,37H,9-10,14-16H2,1-4H3,(H,29,34,36)/b30-25+/t28-/m1/s1. The van der Waals surface area contributed by atoms with Crippen LogP contribution in [0.5, 0.6) is 5.75 Å². The molecular formula is C28H31N5O6. The van der Waals surface area contributed by atoms with Gasteiger partial charge < -0.3 is 29.1 Å². The van der Waals surface area contributed by atoms with Crippen LogP contribution in [0.1, 0.15) is 33.7 Å². The van der Waals surface area contributed by atoms with Gasteiger partial charge in [0.15, 0.2) is 5.84 Å². The van der Waals surface area contributed by atoms with Gasteiger partial charge >= 0.3 is 0 Å². The Balaban J connectivity index is 1.47. The highest BCUT2D eigenvalue weighted by molar-refractivity contribution is 6.10. The van der Waals surface area contributed by atoms with Crippen LogP contribution >= 0.6 is 0 Å². The van der Waals surface area contributed by atoms with Crippen molar-refractivity contribution in [3.8, 4) is 5.75 Å². The number of methoxy groups -OCH3 is 1. The van der Waals surface area contributed by atoms with E-state index in [1.165, 1.54) is 7.11 Å². The fourth-order valence-electron chi connectivity index (χ4n) is 5.20. The zero-order valence-corrected chi connectivity index (χ0v) is 22.4. The Hall–Kier alpha value is -4.38. The molecule has 0 aliphatic carbocycles. The molecule has 0 spiro atoms. The lowest BCUT2D eigenvalue weighted by Crippen LogP contribution is -2.46. The molecule has 1 saturated heterocycles. The second kappa shape index (κ2) is 10.1. The number of nitrogens with zero attached hydrogens (tertiary/aromatic N) is 4. The summed E-state index contributed by atoms with van der Waals surface area (Å²) < 4.78 is 11.4. The second-order valence-electron chi connectivity index (χ2n) is 10.3. The maximum atomic E-state index is 13.3. The van der Waals surface area contributed by atoms with E-state index in [2.05, 4.69) is 10.5 Å². The van der Waals surface area contributed by atoms with Crippen molar-refractivity contribution in [1.29, 1.82) is 0 Å². The summed E-state index contributed by atoms with van der Waals surface area (Å²) in [7, 11) is 7.31. The van der Waals surface area contributed by atoms with Crippen LogP contribution < -0.4 is 10.1 Å². The third-order valence-corrected chi connectivity index (χ3v) is 7.39. The van der Waals surface area contributed by atoms with Crippen LogP contribution in [0.3, 0.4) is 0 Å². The van der Waals surface area contributed by atoms with Gasteiger partial charge in [0.25, 0.3) is 5.91 Å². The molecule has 1 fully saturated rings. The Bertz CT molecular complexity index is 1490. The highest BCUT2D eigenvalue weighted by atomic mass is 16.5. The summed E-state index contributed by atoms with van der Waals surface area (Å²) in [6.07, 6.45) is -0.140. The normalized spacial score (nSPS) is 19.3. The van der Waals surface area contributed by atoms with Gasteiger partial charge in [-0.2, -0.15) is 0 Å². The summed E-state index contributed by atoms with van der Waals surface area (Å²) >= 11 is 0. The number of rotatable bonds is 8. The lowest BCUT2D eigenvalue weighted by Gasteiger charge is -2.28.